The van der Waals surface area contributed by atoms with Crippen LogP contribution in [0.25, 0.3) is 0 Å². The van der Waals surface area contributed by atoms with Crippen molar-refractivity contribution in [1.29, 1.82) is 0 Å². The summed E-state index contributed by atoms with van der Waals surface area (Å²) < 4.78 is 16.5. The molecule has 1 unspecified atom stereocenters. The number of para-hydroxylation sites is 2. The first kappa shape index (κ1) is 19.3. The Balaban J connectivity index is 1.53. The highest BCUT2D eigenvalue weighted by molar-refractivity contribution is 5.98. The van der Waals surface area contributed by atoms with E-state index in [0.29, 0.717) is 37.7 Å². The minimum Gasteiger partial charge on any atom is -0.497 e. The molecule has 2 heterocycles. The van der Waals surface area contributed by atoms with E-state index in [1.54, 1.807) is 23.0 Å². The van der Waals surface area contributed by atoms with Crippen molar-refractivity contribution in [2.45, 2.75) is 12.5 Å². The Morgan fingerprint density at radius 1 is 1.07 bits per heavy atom. The second-order valence-electron chi connectivity index (χ2n) is 7.04. The van der Waals surface area contributed by atoms with E-state index in [0.717, 1.165) is 11.3 Å². The highest BCUT2D eigenvalue weighted by Crippen LogP contribution is 2.34. The number of benzene rings is 2. The number of carbonyl (C=O) groups excluding carboxylic acids is 2. The molecule has 1 fully saturated rings. The maximum absolute atomic E-state index is 13.1. The van der Waals surface area contributed by atoms with Gasteiger partial charge in [0.05, 0.1) is 39.0 Å². The zero-order valence-corrected chi connectivity index (χ0v) is 16.4. The summed E-state index contributed by atoms with van der Waals surface area (Å²) in [5.74, 6) is 1.11. The number of hydrogen-bond acceptors (Lipinski definition) is 5. The third kappa shape index (κ3) is 4.19. The Morgan fingerprint density at radius 3 is 2.52 bits per heavy atom. The lowest BCUT2D eigenvalue weighted by Gasteiger charge is -2.37. The summed E-state index contributed by atoms with van der Waals surface area (Å²) in [6.07, 6.45) is -0.487. The SMILES string of the molecule is COc1ccc(CC(=O)N2CC(C(=O)N3CCOCC3)Oc3ccccc32)cc1. The lowest BCUT2D eigenvalue weighted by molar-refractivity contribution is -0.142. The van der Waals surface area contributed by atoms with Gasteiger partial charge in [0.1, 0.15) is 11.5 Å². The Kier molecular flexibility index (Phi) is 5.67. The van der Waals surface area contributed by atoms with Crippen LogP contribution in [0.1, 0.15) is 5.56 Å². The molecule has 7 heteroatoms. The Morgan fingerprint density at radius 2 is 1.79 bits per heavy atom. The quantitative estimate of drug-likeness (QED) is 0.790. The predicted molar refractivity (Wildman–Crippen MR) is 107 cm³/mol. The minimum atomic E-state index is -0.720. The standard InChI is InChI=1S/C22H24N2O5/c1-27-17-8-6-16(7-9-17)14-21(25)24-15-20(22(26)23-10-12-28-13-11-23)29-19-5-3-2-4-18(19)24/h2-9,20H,10-15H2,1H3. The predicted octanol–water partition coefficient (Wildman–Crippen LogP) is 1.89. The molecular formula is C22H24N2O5. The van der Waals surface area contributed by atoms with Crippen molar-refractivity contribution in [2.75, 3.05) is 44.9 Å². The number of hydrogen-bond donors (Lipinski definition) is 0. The van der Waals surface area contributed by atoms with Crippen molar-refractivity contribution in [3.05, 3.63) is 54.1 Å². The lowest BCUT2D eigenvalue weighted by Crippen LogP contribution is -2.54. The number of methoxy groups -OCH3 is 1. The Labute approximate surface area is 169 Å². The molecule has 2 aliphatic heterocycles. The highest BCUT2D eigenvalue weighted by Gasteiger charge is 2.36. The summed E-state index contributed by atoms with van der Waals surface area (Å²) in [5, 5.41) is 0. The van der Waals surface area contributed by atoms with E-state index in [9.17, 15) is 9.59 Å². The van der Waals surface area contributed by atoms with Crippen LogP contribution in [0.15, 0.2) is 48.5 Å². The second kappa shape index (κ2) is 8.53. The van der Waals surface area contributed by atoms with Gasteiger partial charge in [-0.15, -0.1) is 0 Å². The van der Waals surface area contributed by atoms with Crippen molar-refractivity contribution in [3.63, 3.8) is 0 Å². The second-order valence-corrected chi connectivity index (χ2v) is 7.04. The fraction of sp³-hybridized carbons (Fsp3) is 0.364. The van der Waals surface area contributed by atoms with Crippen LogP contribution < -0.4 is 14.4 Å². The Hall–Kier alpha value is -3.06. The summed E-state index contributed by atoms with van der Waals surface area (Å²) in [6, 6.07) is 14.8. The monoisotopic (exact) mass is 396 g/mol. The van der Waals surface area contributed by atoms with Gasteiger partial charge in [-0.05, 0) is 29.8 Å². The van der Waals surface area contributed by atoms with Gasteiger partial charge in [0.25, 0.3) is 5.91 Å². The maximum atomic E-state index is 13.1. The maximum Gasteiger partial charge on any atom is 0.265 e. The van der Waals surface area contributed by atoms with Crippen molar-refractivity contribution in [3.8, 4) is 11.5 Å². The normalized spacial score (nSPS) is 18.6. The smallest absolute Gasteiger partial charge is 0.265 e. The average molecular weight is 396 g/mol. The fourth-order valence-electron chi connectivity index (χ4n) is 3.60. The molecule has 0 N–H and O–H groups in total. The average Bonchev–Trinajstić information content (AvgIpc) is 2.79. The number of carbonyl (C=O) groups is 2. The molecule has 0 spiro atoms. The summed E-state index contributed by atoms with van der Waals surface area (Å²) in [4.78, 5) is 29.5. The van der Waals surface area contributed by atoms with E-state index in [4.69, 9.17) is 14.2 Å². The van der Waals surface area contributed by atoms with Crippen molar-refractivity contribution in [1.82, 2.24) is 4.90 Å². The van der Waals surface area contributed by atoms with Crippen LogP contribution in [0.2, 0.25) is 0 Å². The van der Waals surface area contributed by atoms with E-state index >= 15 is 0 Å². The number of nitrogens with zero attached hydrogens (tertiary/aromatic N) is 2. The molecule has 0 radical (unpaired) electrons. The van der Waals surface area contributed by atoms with Gasteiger partial charge in [0.15, 0.2) is 6.10 Å². The molecule has 7 nitrogen and oxygen atoms in total. The fourth-order valence-corrected chi connectivity index (χ4v) is 3.60. The molecule has 1 atom stereocenters. The van der Waals surface area contributed by atoms with Crippen LogP contribution in [0.4, 0.5) is 5.69 Å². The lowest BCUT2D eigenvalue weighted by atomic mass is 10.1. The molecule has 4 rings (SSSR count). The number of rotatable bonds is 4. The number of fused-ring (bicyclic) bond motifs is 1. The van der Waals surface area contributed by atoms with Crippen LogP contribution in [0.3, 0.4) is 0 Å². The number of amides is 2. The van der Waals surface area contributed by atoms with Gasteiger partial charge in [0, 0.05) is 13.1 Å². The van der Waals surface area contributed by atoms with Crippen LogP contribution in [0, 0.1) is 0 Å². The van der Waals surface area contributed by atoms with Crippen LogP contribution in [-0.2, 0) is 20.7 Å². The summed E-state index contributed by atoms with van der Waals surface area (Å²) in [6.45, 7) is 2.33. The molecule has 0 bridgehead atoms. The summed E-state index contributed by atoms with van der Waals surface area (Å²) in [5.41, 5.74) is 1.58. The zero-order chi connectivity index (χ0) is 20.2. The van der Waals surface area contributed by atoms with Crippen molar-refractivity contribution in [2.24, 2.45) is 0 Å². The number of anilines is 1. The largest absolute Gasteiger partial charge is 0.497 e. The minimum absolute atomic E-state index is 0.0781. The van der Waals surface area contributed by atoms with Gasteiger partial charge in [-0.3, -0.25) is 9.59 Å². The number of ether oxygens (including phenoxy) is 3. The third-order valence-electron chi connectivity index (χ3n) is 5.19. The van der Waals surface area contributed by atoms with Gasteiger partial charge >= 0.3 is 0 Å². The highest BCUT2D eigenvalue weighted by atomic mass is 16.5. The molecule has 29 heavy (non-hydrogen) atoms. The molecule has 2 amide bonds. The van der Waals surface area contributed by atoms with Gasteiger partial charge in [-0.2, -0.15) is 0 Å². The van der Waals surface area contributed by atoms with E-state index in [1.807, 2.05) is 42.5 Å². The van der Waals surface area contributed by atoms with E-state index < -0.39 is 6.10 Å². The topological polar surface area (TPSA) is 68.3 Å². The Bertz CT molecular complexity index is 877. The third-order valence-corrected chi connectivity index (χ3v) is 5.19. The molecule has 0 saturated carbocycles. The first-order valence-electron chi connectivity index (χ1n) is 9.71. The summed E-state index contributed by atoms with van der Waals surface area (Å²) in [7, 11) is 1.61. The molecule has 2 aromatic carbocycles. The molecule has 2 aromatic rings. The number of morpholine rings is 1. The van der Waals surface area contributed by atoms with Gasteiger partial charge in [-0.25, -0.2) is 0 Å². The van der Waals surface area contributed by atoms with E-state index in [-0.39, 0.29) is 24.8 Å². The van der Waals surface area contributed by atoms with Crippen LogP contribution in [-0.4, -0.2) is 62.8 Å². The molecule has 0 aliphatic carbocycles. The van der Waals surface area contributed by atoms with Gasteiger partial charge in [-0.1, -0.05) is 24.3 Å². The first-order valence-corrected chi connectivity index (χ1v) is 9.71. The van der Waals surface area contributed by atoms with Gasteiger partial charge in [0.2, 0.25) is 5.91 Å². The van der Waals surface area contributed by atoms with E-state index in [1.165, 1.54) is 0 Å². The zero-order valence-electron chi connectivity index (χ0n) is 16.4. The van der Waals surface area contributed by atoms with Crippen LogP contribution >= 0.6 is 0 Å². The van der Waals surface area contributed by atoms with Crippen molar-refractivity contribution >= 4 is 17.5 Å². The molecule has 1 saturated heterocycles. The molecular weight excluding hydrogens is 372 g/mol. The van der Waals surface area contributed by atoms with Crippen LogP contribution in [0.5, 0.6) is 11.5 Å². The molecule has 152 valence electrons. The summed E-state index contributed by atoms with van der Waals surface area (Å²) >= 11 is 0. The molecule has 0 aromatic heterocycles. The van der Waals surface area contributed by atoms with Gasteiger partial charge < -0.3 is 24.0 Å². The first-order chi connectivity index (χ1) is 14.2. The molecule has 2 aliphatic rings. The van der Waals surface area contributed by atoms with Crippen molar-refractivity contribution < 1.29 is 23.8 Å². The van der Waals surface area contributed by atoms with E-state index in [2.05, 4.69) is 0 Å².